The van der Waals surface area contributed by atoms with Gasteiger partial charge in [-0.05, 0) is 37.6 Å². The molecule has 1 fully saturated rings. The van der Waals surface area contributed by atoms with Crippen LogP contribution in [0.5, 0.6) is 0 Å². The van der Waals surface area contributed by atoms with Crippen LogP contribution in [0.3, 0.4) is 0 Å². The van der Waals surface area contributed by atoms with Crippen LogP contribution in [0, 0.1) is 0 Å². The summed E-state index contributed by atoms with van der Waals surface area (Å²) in [5, 5.41) is 0.474. The smallest absolute Gasteiger partial charge is 0.242 e. The molecule has 1 aliphatic heterocycles. The second-order valence-corrected chi connectivity index (χ2v) is 6.59. The summed E-state index contributed by atoms with van der Waals surface area (Å²) in [6.07, 6.45) is 0.703. The fourth-order valence-corrected chi connectivity index (χ4v) is 3.38. The first-order valence-electron chi connectivity index (χ1n) is 5.97. The van der Waals surface area contributed by atoms with Crippen LogP contribution in [0.1, 0.15) is 19.8 Å². The molecule has 1 aliphatic rings. The number of amides is 1. The first-order valence-corrected chi connectivity index (χ1v) is 7.83. The number of halogens is 1. The second kappa shape index (κ2) is 5.48. The zero-order valence-electron chi connectivity index (χ0n) is 10.5. The van der Waals surface area contributed by atoms with Gasteiger partial charge in [0.25, 0.3) is 0 Å². The molecular weight excluding hydrogens is 288 g/mol. The lowest BCUT2D eigenvalue weighted by molar-refractivity contribution is -0.129. The zero-order valence-corrected chi connectivity index (χ0v) is 12.0. The lowest BCUT2D eigenvalue weighted by atomic mass is 10.4. The van der Waals surface area contributed by atoms with Crippen molar-refractivity contribution in [3.05, 3.63) is 29.3 Å². The Kier molecular flexibility index (Phi) is 4.13. The molecule has 1 aromatic carbocycles. The van der Waals surface area contributed by atoms with E-state index in [2.05, 4.69) is 4.72 Å². The van der Waals surface area contributed by atoms with Gasteiger partial charge in [0.15, 0.2) is 0 Å². The molecular formula is C12H15ClN2O3S. The summed E-state index contributed by atoms with van der Waals surface area (Å²) in [6.45, 7) is 2.25. The molecule has 0 radical (unpaired) electrons. The Morgan fingerprint density at radius 3 is 2.47 bits per heavy atom. The molecule has 0 bridgehead atoms. The van der Waals surface area contributed by atoms with E-state index < -0.39 is 16.2 Å². The number of benzene rings is 1. The number of hydrogen-bond donors (Lipinski definition) is 1. The molecule has 1 heterocycles. The number of rotatable bonds is 4. The number of hydrogen-bond acceptors (Lipinski definition) is 3. The van der Waals surface area contributed by atoms with E-state index in [1.165, 1.54) is 29.2 Å². The van der Waals surface area contributed by atoms with Crippen LogP contribution in [-0.2, 0) is 14.8 Å². The predicted octanol–water partition coefficient (Wildman–Crippen LogP) is 1.59. The van der Waals surface area contributed by atoms with Gasteiger partial charge in [-0.15, -0.1) is 0 Å². The molecule has 0 aromatic heterocycles. The lowest BCUT2D eigenvalue weighted by Gasteiger charge is -2.24. The Morgan fingerprint density at radius 1 is 1.32 bits per heavy atom. The summed E-state index contributed by atoms with van der Waals surface area (Å²) in [4.78, 5) is 13.2. The molecule has 1 amide bonds. The summed E-state index contributed by atoms with van der Waals surface area (Å²) < 4.78 is 26.7. The molecule has 104 valence electrons. The Morgan fingerprint density at radius 2 is 1.95 bits per heavy atom. The summed E-state index contributed by atoms with van der Waals surface area (Å²) in [5.41, 5.74) is 0. The Hall–Kier alpha value is -1.11. The van der Waals surface area contributed by atoms with E-state index in [0.29, 0.717) is 18.0 Å². The number of nitrogens with one attached hydrogen (secondary N) is 1. The van der Waals surface area contributed by atoms with E-state index in [4.69, 9.17) is 11.6 Å². The third-order valence-electron chi connectivity index (χ3n) is 3.03. The number of carbonyl (C=O) groups is 1. The van der Waals surface area contributed by atoms with Gasteiger partial charge < -0.3 is 4.90 Å². The second-order valence-electron chi connectivity index (χ2n) is 4.44. The van der Waals surface area contributed by atoms with Crippen molar-refractivity contribution in [2.24, 2.45) is 0 Å². The highest BCUT2D eigenvalue weighted by Crippen LogP contribution is 2.17. The van der Waals surface area contributed by atoms with E-state index in [1.54, 1.807) is 6.92 Å². The highest BCUT2D eigenvalue weighted by Gasteiger charge is 2.28. The monoisotopic (exact) mass is 302 g/mol. The van der Waals surface area contributed by atoms with Crippen molar-refractivity contribution < 1.29 is 13.2 Å². The molecule has 1 aromatic rings. The van der Waals surface area contributed by atoms with Crippen molar-refractivity contribution in [2.75, 3.05) is 6.54 Å². The maximum absolute atomic E-state index is 12.1. The van der Waals surface area contributed by atoms with Gasteiger partial charge in [0, 0.05) is 18.0 Å². The molecule has 1 atom stereocenters. The van der Waals surface area contributed by atoms with Crippen molar-refractivity contribution >= 4 is 27.5 Å². The highest BCUT2D eigenvalue weighted by atomic mass is 35.5. The standard InChI is InChI=1S/C12H15ClN2O3S/c1-9(15-8-2-3-12(15)16)14-19(17,18)11-6-4-10(13)5-7-11/h4-7,9,14H,2-3,8H2,1H3. The van der Waals surface area contributed by atoms with Crippen LogP contribution >= 0.6 is 11.6 Å². The van der Waals surface area contributed by atoms with Gasteiger partial charge in [-0.2, -0.15) is 4.72 Å². The van der Waals surface area contributed by atoms with Crippen LogP contribution in [-0.4, -0.2) is 31.9 Å². The van der Waals surface area contributed by atoms with Gasteiger partial charge in [0.1, 0.15) is 0 Å². The number of nitrogens with zero attached hydrogens (tertiary/aromatic N) is 1. The quantitative estimate of drug-likeness (QED) is 0.918. The molecule has 1 N–H and O–H groups in total. The summed E-state index contributed by atoms with van der Waals surface area (Å²) in [5.74, 6) is -0.0219. The van der Waals surface area contributed by atoms with E-state index in [1.807, 2.05) is 0 Å². The third kappa shape index (κ3) is 3.26. The molecule has 5 nitrogen and oxygen atoms in total. The first-order chi connectivity index (χ1) is 8.90. The maximum Gasteiger partial charge on any atom is 0.242 e. The molecule has 7 heteroatoms. The Labute approximate surface area is 117 Å². The Bertz CT molecular complexity index is 571. The molecule has 19 heavy (non-hydrogen) atoms. The van der Waals surface area contributed by atoms with Crippen molar-refractivity contribution in [1.29, 1.82) is 0 Å². The van der Waals surface area contributed by atoms with E-state index in [0.717, 1.165) is 6.42 Å². The minimum atomic E-state index is -3.64. The van der Waals surface area contributed by atoms with Crippen LogP contribution in [0.15, 0.2) is 29.2 Å². The zero-order chi connectivity index (χ0) is 14.0. The summed E-state index contributed by atoms with van der Waals surface area (Å²) in [7, 11) is -3.64. The van der Waals surface area contributed by atoms with Crippen LogP contribution < -0.4 is 4.72 Å². The van der Waals surface area contributed by atoms with Crippen molar-refractivity contribution in [3.63, 3.8) is 0 Å². The molecule has 0 saturated carbocycles. The normalized spacial score (nSPS) is 17.8. The van der Waals surface area contributed by atoms with Crippen molar-refractivity contribution in [3.8, 4) is 0 Å². The number of carbonyl (C=O) groups excluding carboxylic acids is 1. The van der Waals surface area contributed by atoms with Crippen molar-refractivity contribution in [2.45, 2.75) is 30.8 Å². The Balaban J connectivity index is 2.12. The summed E-state index contributed by atoms with van der Waals surface area (Å²) in [6, 6.07) is 5.90. The minimum absolute atomic E-state index is 0.0219. The van der Waals surface area contributed by atoms with Gasteiger partial charge in [0.05, 0.1) is 11.1 Å². The van der Waals surface area contributed by atoms with Gasteiger partial charge in [-0.1, -0.05) is 11.6 Å². The topological polar surface area (TPSA) is 66.5 Å². The molecule has 1 unspecified atom stereocenters. The average Bonchev–Trinajstić information content (AvgIpc) is 2.75. The predicted molar refractivity (Wildman–Crippen MR) is 72.2 cm³/mol. The fraction of sp³-hybridized carbons (Fsp3) is 0.417. The number of likely N-dealkylation sites (tertiary alicyclic amines) is 1. The van der Waals surface area contributed by atoms with Gasteiger partial charge in [-0.25, -0.2) is 8.42 Å². The van der Waals surface area contributed by atoms with Gasteiger partial charge in [0.2, 0.25) is 15.9 Å². The number of sulfonamides is 1. The molecule has 2 rings (SSSR count). The largest absolute Gasteiger partial charge is 0.326 e. The molecule has 0 aliphatic carbocycles. The first kappa shape index (κ1) is 14.3. The van der Waals surface area contributed by atoms with Crippen molar-refractivity contribution in [1.82, 2.24) is 9.62 Å². The highest BCUT2D eigenvalue weighted by molar-refractivity contribution is 7.89. The SMILES string of the molecule is CC(NS(=O)(=O)c1ccc(Cl)cc1)N1CCCC1=O. The van der Waals surface area contributed by atoms with Crippen LogP contribution in [0.2, 0.25) is 5.02 Å². The lowest BCUT2D eigenvalue weighted by Crippen LogP contribution is -2.46. The van der Waals surface area contributed by atoms with Crippen LogP contribution in [0.4, 0.5) is 0 Å². The minimum Gasteiger partial charge on any atom is -0.326 e. The third-order valence-corrected chi connectivity index (χ3v) is 4.82. The van der Waals surface area contributed by atoms with Crippen LogP contribution in [0.25, 0.3) is 0 Å². The van der Waals surface area contributed by atoms with Gasteiger partial charge in [-0.3, -0.25) is 4.79 Å². The van der Waals surface area contributed by atoms with E-state index in [-0.39, 0.29) is 10.8 Å². The van der Waals surface area contributed by atoms with Gasteiger partial charge >= 0.3 is 0 Å². The average molecular weight is 303 g/mol. The van der Waals surface area contributed by atoms with E-state index >= 15 is 0 Å². The summed E-state index contributed by atoms with van der Waals surface area (Å²) >= 11 is 5.72. The fourth-order valence-electron chi connectivity index (χ4n) is 2.05. The maximum atomic E-state index is 12.1. The van der Waals surface area contributed by atoms with E-state index in [9.17, 15) is 13.2 Å². The molecule has 0 spiro atoms. The molecule has 1 saturated heterocycles.